The third-order valence-electron chi connectivity index (χ3n) is 11.5. The number of hydrogen-bond acceptors (Lipinski definition) is 0. The monoisotopic (exact) mass is 670 g/mol. The second-order valence-corrected chi connectivity index (χ2v) is 14.4. The molecule has 0 aromatic heterocycles. The van der Waals surface area contributed by atoms with Gasteiger partial charge in [-0.05, 0) is 122 Å². The Bertz CT molecular complexity index is 3130. The highest BCUT2D eigenvalue weighted by molar-refractivity contribution is 6.26. The third kappa shape index (κ3) is 4.69. The van der Waals surface area contributed by atoms with Gasteiger partial charge in [0.25, 0.3) is 0 Å². The first-order chi connectivity index (χ1) is 26.3. The summed E-state index contributed by atoms with van der Waals surface area (Å²) in [6.07, 6.45) is 3.34. The maximum atomic E-state index is 2.47. The molecule has 10 aromatic rings. The highest BCUT2D eigenvalue weighted by Gasteiger charge is 2.21. The van der Waals surface area contributed by atoms with Crippen LogP contribution in [-0.4, -0.2) is 0 Å². The van der Waals surface area contributed by atoms with Crippen molar-refractivity contribution in [3.8, 4) is 33.4 Å². The molecule has 0 nitrogen and oxygen atoms in total. The summed E-state index contributed by atoms with van der Waals surface area (Å²) in [5.41, 5.74) is 13.0. The van der Waals surface area contributed by atoms with Crippen LogP contribution in [0.15, 0.2) is 188 Å². The predicted octanol–water partition coefficient (Wildman–Crippen LogP) is 14.6. The largest absolute Gasteiger partial charge is 0.0619 e. The van der Waals surface area contributed by atoms with E-state index in [1.54, 1.807) is 0 Å². The zero-order valence-electron chi connectivity index (χ0n) is 29.2. The van der Waals surface area contributed by atoms with Crippen LogP contribution in [0.2, 0.25) is 0 Å². The highest BCUT2D eigenvalue weighted by atomic mass is 14.2. The van der Waals surface area contributed by atoms with Gasteiger partial charge in [-0.1, -0.05) is 188 Å². The van der Waals surface area contributed by atoms with Gasteiger partial charge in [-0.15, -0.1) is 0 Å². The quantitative estimate of drug-likeness (QED) is 0.164. The summed E-state index contributed by atoms with van der Waals surface area (Å²) in [5.74, 6) is 0. The lowest BCUT2D eigenvalue weighted by Crippen LogP contribution is -1.93. The van der Waals surface area contributed by atoms with Gasteiger partial charge in [0.15, 0.2) is 0 Å². The minimum absolute atomic E-state index is 0.966. The number of hydrogen-bond donors (Lipinski definition) is 0. The number of benzene rings is 10. The molecule has 0 heterocycles. The Morgan fingerprint density at radius 1 is 0.302 bits per heavy atom. The van der Waals surface area contributed by atoms with Crippen LogP contribution in [0.25, 0.3) is 98.9 Å². The van der Waals surface area contributed by atoms with Crippen molar-refractivity contribution >= 4 is 65.5 Å². The molecule has 246 valence electrons. The van der Waals surface area contributed by atoms with E-state index in [1.807, 2.05) is 0 Å². The molecule has 0 saturated carbocycles. The first-order valence-corrected chi connectivity index (χ1v) is 18.6. The van der Waals surface area contributed by atoms with E-state index in [2.05, 4.69) is 194 Å². The maximum Gasteiger partial charge on any atom is -0.00135 e. The Kier molecular flexibility index (Phi) is 6.72. The minimum atomic E-state index is 0.966. The molecule has 0 N–H and O–H groups in total. The molecule has 1 aliphatic carbocycles. The van der Waals surface area contributed by atoms with E-state index in [-0.39, 0.29) is 0 Å². The van der Waals surface area contributed by atoms with Gasteiger partial charge in [-0.2, -0.15) is 0 Å². The second-order valence-electron chi connectivity index (χ2n) is 14.4. The van der Waals surface area contributed by atoms with Crippen molar-refractivity contribution in [2.75, 3.05) is 0 Å². The Balaban J connectivity index is 1.22. The van der Waals surface area contributed by atoms with E-state index >= 15 is 0 Å². The lowest BCUT2D eigenvalue weighted by molar-refractivity contribution is 1.32. The molecule has 10 aromatic carbocycles. The fourth-order valence-corrected chi connectivity index (χ4v) is 9.11. The summed E-state index contributed by atoms with van der Waals surface area (Å²) in [6.45, 7) is 0. The fourth-order valence-electron chi connectivity index (χ4n) is 9.11. The van der Waals surface area contributed by atoms with E-state index in [0.717, 1.165) is 6.42 Å². The Hall–Kier alpha value is -6.76. The molecule has 0 bridgehead atoms. The van der Waals surface area contributed by atoms with Crippen molar-refractivity contribution in [1.29, 1.82) is 0 Å². The molecule has 1 aliphatic rings. The van der Waals surface area contributed by atoms with Crippen LogP contribution in [0.3, 0.4) is 0 Å². The molecule has 0 amide bonds. The van der Waals surface area contributed by atoms with Crippen LogP contribution < -0.4 is 0 Å². The van der Waals surface area contributed by atoms with Crippen LogP contribution in [0.5, 0.6) is 0 Å². The molecular weight excluding hydrogens is 637 g/mol. The summed E-state index contributed by atoms with van der Waals surface area (Å²) in [7, 11) is 0. The molecule has 0 spiro atoms. The molecule has 0 aliphatic heterocycles. The summed E-state index contributed by atoms with van der Waals surface area (Å²) >= 11 is 0. The van der Waals surface area contributed by atoms with E-state index in [4.69, 9.17) is 0 Å². The predicted molar refractivity (Wildman–Crippen MR) is 228 cm³/mol. The van der Waals surface area contributed by atoms with Crippen LogP contribution in [-0.2, 0) is 6.42 Å². The van der Waals surface area contributed by atoms with Crippen molar-refractivity contribution in [2.45, 2.75) is 6.42 Å². The van der Waals surface area contributed by atoms with Gasteiger partial charge in [0.1, 0.15) is 0 Å². The van der Waals surface area contributed by atoms with Gasteiger partial charge in [0.05, 0.1) is 0 Å². The van der Waals surface area contributed by atoms with Gasteiger partial charge in [0, 0.05) is 0 Å². The first kappa shape index (κ1) is 29.9. The molecule has 0 saturated heterocycles. The maximum absolute atomic E-state index is 2.47. The first-order valence-electron chi connectivity index (χ1n) is 18.6. The lowest BCUT2D eigenvalue weighted by Gasteiger charge is -2.21. The molecule has 0 radical (unpaired) electrons. The molecule has 0 atom stereocenters. The molecule has 0 unspecified atom stereocenters. The molecule has 0 fully saturated rings. The molecule has 11 rings (SSSR count). The van der Waals surface area contributed by atoms with Crippen molar-refractivity contribution < 1.29 is 0 Å². The van der Waals surface area contributed by atoms with Crippen LogP contribution >= 0.6 is 0 Å². The van der Waals surface area contributed by atoms with Crippen molar-refractivity contribution in [3.63, 3.8) is 0 Å². The summed E-state index contributed by atoms with van der Waals surface area (Å²) in [5, 5.41) is 12.7. The van der Waals surface area contributed by atoms with Crippen LogP contribution in [0, 0.1) is 0 Å². The van der Waals surface area contributed by atoms with E-state index in [0.29, 0.717) is 0 Å². The van der Waals surface area contributed by atoms with Crippen molar-refractivity contribution in [1.82, 2.24) is 0 Å². The highest BCUT2D eigenvalue weighted by Crippen LogP contribution is 2.48. The number of allylic oxidation sites excluding steroid dienone is 1. The number of fused-ring (bicyclic) bond motifs is 6. The smallest absolute Gasteiger partial charge is 0.00135 e. The second kappa shape index (κ2) is 11.9. The number of rotatable bonds is 4. The zero-order valence-corrected chi connectivity index (χ0v) is 29.2. The van der Waals surface area contributed by atoms with Gasteiger partial charge in [0.2, 0.25) is 0 Å². The van der Waals surface area contributed by atoms with Crippen molar-refractivity contribution in [3.05, 3.63) is 205 Å². The summed E-state index contributed by atoms with van der Waals surface area (Å²) in [4.78, 5) is 0. The summed E-state index contributed by atoms with van der Waals surface area (Å²) < 4.78 is 0. The Morgan fingerprint density at radius 3 is 1.45 bits per heavy atom. The van der Waals surface area contributed by atoms with Gasteiger partial charge >= 0.3 is 0 Å². The molecule has 53 heavy (non-hydrogen) atoms. The standard InChI is InChI=1S/C53H34/c1-2-16-37-32-39(31-36(37)15-1)43-24-12-25-44-42(23-11-26-45(43)44)38-29-30-50-51(33-38)53(47-28-10-18-35-14-4-6-20-41(35)47)49-22-8-7-21-48(49)52(50)46-27-9-17-34-13-3-5-19-40(34)46/h1-31,33H,32H2. The van der Waals surface area contributed by atoms with Crippen LogP contribution in [0.4, 0.5) is 0 Å². The molecule has 0 heteroatoms. The normalized spacial score (nSPS) is 12.6. The third-order valence-corrected chi connectivity index (χ3v) is 11.5. The minimum Gasteiger partial charge on any atom is -0.0619 e. The van der Waals surface area contributed by atoms with Gasteiger partial charge < -0.3 is 0 Å². The average molecular weight is 671 g/mol. The fraction of sp³-hybridized carbons (Fsp3) is 0.0189. The van der Waals surface area contributed by atoms with Gasteiger partial charge in [-0.3, -0.25) is 0 Å². The van der Waals surface area contributed by atoms with E-state index < -0.39 is 0 Å². The lowest BCUT2D eigenvalue weighted by atomic mass is 9.82. The van der Waals surface area contributed by atoms with Crippen LogP contribution in [0.1, 0.15) is 16.7 Å². The average Bonchev–Trinajstić information content (AvgIpc) is 3.66. The van der Waals surface area contributed by atoms with E-state index in [1.165, 1.54) is 110 Å². The topological polar surface area (TPSA) is 0 Å². The Labute approximate surface area is 308 Å². The van der Waals surface area contributed by atoms with Gasteiger partial charge in [-0.25, -0.2) is 0 Å². The SMILES string of the molecule is C1=C(c2cccc3c(-c4ccc5c(-c6cccc7ccccc67)c6ccccc6c(-c6cccc7ccccc67)c5c4)cccc23)Cc2ccccc21. The Morgan fingerprint density at radius 2 is 0.774 bits per heavy atom. The van der Waals surface area contributed by atoms with E-state index in [9.17, 15) is 0 Å². The zero-order chi connectivity index (χ0) is 34.9. The van der Waals surface area contributed by atoms with Crippen molar-refractivity contribution in [2.24, 2.45) is 0 Å². The summed E-state index contributed by atoms with van der Waals surface area (Å²) in [6, 6.07) is 69.8. The molecular formula is C53H34.